The van der Waals surface area contributed by atoms with Gasteiger partial charge in [-0.15, -0.1) is 0 Å². The number of benzene rings is 1. The zero-order valence-corrected chi connectivity index (χ0v) is 7.47. The quantitative estimate of drug-likeness (QED) is 0.628. The fourth-order valence-electron chi connectivity index (χ4n) is 1.63. The standard InChI is InChI=1S/C11H8N2O/c1-2-8-10(14-7-1)4-3-9-11(8)13-6-5-12-9/h1-6H,7H2. The fourth-order valence-corrected chi connectivity index (χ4v) is 1.63. The van der Waals surface area contributed by atoms with Crippen LogP contribution in [0.15, 0.2) is 30.6 Å². The molecule has 3 rings (SSSR count). The SMILES string of the molecule is C1=Cc2c(ccc3nccnc23)OC1. The van der Waals surface area contributed by atoms with Gasteiger partial charge < -0.3 is 4.74 Å². The van der Waals surface area contributed by atoms with Gasteiger partial charge in [0.2, 0.25) is 0 Å². The van der Waals surface area contributed by atoms with Gasteiger partial charge in [-0.3, -0.25) is 9.97 Å². The normalized spacial score (nSPS) is 13.7. The molecule has 0 aliphatic carbocycles. The Kier molecular flexibility index (Phi) is 1.50. The summed E-state index contributed by atoms with van der Waals surface area (Å²) in [6.45, 7) is 0.638. The third-order valence-electron chi connectivity index (χ3n) is 2.26. The molecule has 68 valence electrons. The first-order chi connectivity index (χ1) is 6.95. The second-order valence-corrected chi connectivity index (χ2v) is 3.11. The summed E-state index contributed by atoms with van der Waals surface area (Å²) in [7, 11) is 0. The van der Waals surface area contributed by atoms with E-state index in [4.69, 9.17) is 4.74 Å². The Labute approximate surface area is 81.1 Å². The van der Waals surface area contributed by atoms with E-state index in [2.05, 4.69) is 9.97 Å². The molecule has 0 N–H and O–H groups in total. The highest BCUT2D eigenvalue weighted by molar-refractivity contribution is 5.87. The summed E-state index contributed by atoms with van der Waals surface area (Å²) >= 11 is 0. The average molecular weight is 184 g/mol. The van der Waals surface area contributed by atoms with Crippen molar-refractivity contribution in [2.24, 2.45) is 0 Å². The third kappa shape index (κ3) is 0.988. The molecule has 1 aromatic heterocycles. The zero-order chi connectivity index (χ0) is 9.38. The molecule has 1 aromatic carbocycles. The van der Waals surface area contributed by atoms with E-state index in [0.29, 0.717) is 6.61 Å². The number of fused-ring (bicyclic) bond motifs is 3. The fraction of sp³-hybridized carbons (Fsp3) is 0.0909. The molecule has 3 heteroatoms. The molecule has 1 aliphatic rings. The highest BCUT2D eigenvalue weighted by atomic mass is 16.5. The number of nitrogens with zero attached hydrogens (tertiary/aromatic N) is 2. The largest absolute Gasteiger partial charge is 0.489 e. The van der Waals surface area contributed by atoms with Gasteiger partial charge >= 0.3 is 0 Å². The zero-order valence-electron chi connectivity index (χ0n) is 7.47. The number of hydrogen-bond donors (Lipinski definition) is 0. The van der Waals surface area contributed by atoms with Crippen LogP contribution in [0.5, 0.6) is 5.75 Å². The summed E-state index contributed by atoms with van der Waals surface area (Å²) in [4.78, 5) is 8.54. The van der Waals surface area contributed by atoms with E-state index in [1.54, 1.807) is 12.4 Å². The average Bonchev–Trinajstić information content (AvgIpc) is 2.29. The minimum atomic E-state index is 0.638. The maximum absolute atomic E-state index is 5.48. The van der Waals surface area contributed by atoms with E-state index in [-0.39, 0.29) is 0 Å². The lowest BCUT2D eigenvalue weighted by atomic mass is 10.1. The van der Waals surface area contributed by atoms with Gasteiger partial charge in [-0.05, 0) is 24.3 Å². The lowest BCUT2D eigenvalue weighted by Crippen LogP contribution is -2.01. The van der Waals surface area contributed by atoms with Gasteiger partial charge in [0.05, 0.1) is 11.0 Å². The highest BCUT2D eigenvalue weighted by Crippen LogP contribution is 2.28. The Morgan fingerprint density at radius 3 is 3.07 bits per heavy atom. The van der Waals surface area contributed by atoms with Crippen LogP contribution in [0.2, 0.25) is 0 Å². The summed E-state index contributed by atoms with van der Waals surface area (Å²) in [6, 6.07) is 3.87. The Morgan fingerprint density at radius 2 is 2.07 bits per heavy atom. The molecule has 14 heavy (non-hydrogen) atoms. The van der Waals surface area contributed by atoms with Gasteiger partial charge in [-0.2, -0.15) is 0 Å². The van der Waals surface area contributed by atoms with Crippen molar-refractivity contribution < 1.29 is 4.74 Å². The minimum Gasteiger partial charge on any atom is -0.489 e. The van der Waals surface area contributed by atoms with Crippen LogP contribution in [0.1, 0.15) is 5.56 Å². The van der Waals surface area contributed by atoms with E-state index in [1.165, 1.54) is 0 Å². The molecule has 2 heterocycles. The van der Waals surface area contributed by atoms with E-state index in [1.807, 2.05) is 24.3 Å². The van der Waals surface area contributed by atoms with Crippen LogP contribution in [-0.4, -0.2) is 16.6 Å². The third-order valence-corrected chi connectivity index (χ3v) is 2.26. The molecule has 0 unspecified atom stereocenters. The van der Waals surface area contributed by atoms with Crippen molar-refractivity contribution in [1.82, 2.24) is 9.97 Å². The molecule has 0 amide bonds. The molecular formula is C11H8N2O. The maximum atomic E-state index is 5.48. The molecule has 0 fully saturated rings. The van der Waals surface area contributed by atoms with Crippen molar-refractivity contribution in [3.63, 3.8) is 0 Å². The van der Waals surface area contributed by atoms with Crippen molar-refractivity contribution in [3.8, 4) is 5.75 Å². The molecule has 0 spiro atoms. The highest BCUT2D eigenvalue weighted by Gasteiger charge is 2.10. The lowest BCUT2D eigenvalue weighted by molar-refractivity contribution is 0.359. The lowest BCUT2D eigenvalue weighted by Gasteiger charge is -2.12. The van der Waals surface area contributed by atoms with Gasteiger partial charge in [-0.25, -0.2) is 0 Å². The van der Waals surface area contributed by atoms with Crippen molar-refractivity contribution in [2.75, 3.05) is 6.61 Å². The number of hydrogen-bond acceptors (Lipinski definition) is 3. The van der Waals surface area contributed by atoms with E-state index in [0.717, 1.165) is 22.3 Å². The van der Waals surface area contributed by atoms with Crippen LogP contribution in [0.25, 0.3) is 17.1 Å². The van der Waals surface area contributed by atoms with Crippen LogP contribution in [0.3, 0.4) is 0 Å². The molecule has 0 saturated heterocycles. The predicted octanol–water partition coefficient (Wildman–Crippen LogP) is 2.04. The Balaban J connectivity index is 2.42. The van der Waals surface area contributed by atoms with E-state index < -0.39 is 0 Å². The van der Waals surface area contributed by atoms with Crippen LogP contribution in [0, 0.1) is 0 Å². The van der Waals surface area contributed by atoms with Crippen LogP contribution in [-0.2, 0) is 0 Å². The first-order valence-electron chi connectivity index (χ1n) is 4.48. The van der Waals surface area contributed by atoms with Crippen molar-refractivity contribution in [3.05, 3.63) is 36.2 Å². The summed E-state index contributed by atoms with van der Waals surface area (Å²) in [5, 5.41) is 0. The first kappa shape index (κ1) is 7.50. The van der Waals surface area contributed by atoms with E-state index in [9.17, 15) is 0 Å². The molecule has 0 bridgehead atoms. The van der Waals surface area contributed by atoms with Gasteiger partial charge in [0.1, 0.15) is 12.4 Å². The van der Waals surface area contributed by atoms with Gasteiger partial charge in [-0.1, -0.05) is 0 Å². The van der Waals surface area contributed by atoms with Crippen molar-refractivity contribution in [1.29, 1.82) is 0 Å². The summed E-state index contributed by atoms with van der Waals surface area (Å²) in [5.74, 6) is 0.889. The molecule has 0 radical (unpaired) electrons. The Bertz CT molecular complexity index is 520. The van der Waals surface area contributed by atoms with Gasteiger partial charge in [0.15, 0.2) is 0 Å². The molecule has 3 nitrogen and oxygen atoms in total. The minimum absolute atomic E-state index is 0.638. The second kappa shape index (κ2) is 2.80. The van der Waals surface area contributed by atoms with Crippen LogP contribution >= 0.6 is 0 Å². The van der Waals surface area contributed by atoms with E-state index >= 15 is 0 Å². The molecule has 0 saturated carbocycles. The Morgan fingerprint density at radius 1 is 1.14 bits per heavy atom. The number of aromatic nitrogens is 2. The summed E-state index contributed by atoms with van der Waals surface area (Å²) in [5.41, 5.74) is 2.84. The predicted molar refractivity (Wildman–Crippen MR) is 54.1 cm³/mol. The molecular weight excluding hydrogens is 176 g/mol. The second-order valence-electron chi connectivity index (χ2n) is 3.11. The van der Waals surface area contributed by atoms with Crippen molar-refractivity contribution >= 4 is 17.1 Å². The smallest absolute Gasteiger partial charge is 0.129 e. The molecule has 1 aliphatic heterocycles. The summed E-state index contributed by atoms with van der Waals surface area (Å²) in [6.07, 6.45) is 7.42. The number of ether oxygens (including phenoxy) is 1. The van der Waals surface area contributed by atoms with Crippen LogP contribution < -0.4 is 4.74 Å². The van der Waals surface area contributed by atoms with Gasteiger partial charge in [0.25, 0.3) is 0 Å². The maximum Gasteiger partial charge on any atom is 0.129 e. The molecule has 2 aromatic rings. The first-order valence-corrected chi connectivity index (χ1v) is 4.48. The summed E-state index contributed by atoms with van der Waals surface area (Å²) < 4.78 is 5.48. The topological polar surface area (TPSA) is 35.0 Å². The number of rotatable bonds is 0. The Hall–Kier alpha value is -1.90. The molecule has 0 atom stereocenters. The van der Waals surface area contributed by atoms with Crippen molar-refractivity contribution in [2.45, 2.75) is 0 Å². The van der Waals surface area contributed by atoms with Gasteiger partial charge in [0, 0.05) is 18.0 Å². The monoisotopic (exact) mass is 184 g/mol. The van der Waals surface area contributed by atoms with Crippen LogP contribution in [0.4, 0.5) is 0 Å².